The second-order valence-corrected chi connectivity index (χ2v) is 6.14. The summed E-state index contributed by atoms with van der Waals surface area (Å²) < 4.78 is 48.9. The third-order valence-electron chi connectivity index (χ3n) is 4.31. The zero-order valence-corrected chi connectivity index (χ0v) is 14.7. The van der Waals surface area contributed by atoms with Crippen LogP contribution < -0.4 is 4.90 Å². The molecule has 1 aliphatic rings. The summed E-state index contributed by atoms with van der Waals surface area (Å²) in [4.78, 5) is 8.31. The predicted octanol–water partition coefficient (Wildman–Crippen LogP) is 2.43. The van der Waals surface area contributed by atoms with Crippen LogP contribution in [0.15, 0.2) is 22.7 Å². The van der Waals surface area contributed by atoms with Crippen LogP contribution in [0, 0.1) is 11.3 Å². The highest BCUT2D eigenvalue weighted by atomic mass is 19.4. The smallest absolute Gasteiger partial charge is 0.377 e. The van der Waals surface area contributed by atoms with E-state index in [0.717, 1.165) is 6.07 Å². The average molecular weight is 381 g/mol. The van der Waals surface area contributed by atoms with E-state index in [9.17, 15) is 13.2 Å². The van der Waals surface area contributed by atoms with Crippen LogP contribution in [-0.4, -0.2) is 48.3 Å². The van der Waals surface area contributed by atoms with Gasteiger partial charge >= 0.3 is 6.18 Å². The van der Waals surface area contributed by atoms with Gasteiger partial charge in [-0.15, -0.1) is 0 Å². The summed E-state index contributed by atoms with van der Waals surface area (Å²) in [5, 5.41) is 12.9. The van der Waals surface area contributed by atoms with Crippen molar-refractivity contribution in [1.82, 2.24) is 15.0 Å². The highest BCUT2D eigenvalue weighted by molar-refractivity contribution is 5.55. The minimum atomic E-state index is -4.53. The Morgan fingerprint density at radius 2 is 2.00 bits per heavy atom. The van der Waals surface area contributed by atoms with Crippen LogP contribution in [0.4, 0.5) is 18.9 Å². The van der Waals surface area contributed by atoms with Crippen molar-refractivity contribution >= 4 is 5.69 Å². The second kappa shape index (κ2) is 7.94. The molecule has 0 radical (unpaired) electrons. The largest absolute Gasteiger partial charge is 0.417 e. The standard InChI is InChI=1S/C17H18F3N5O2/c1-26-11-15-22-16(27-23-15)10-24-4-6-25(7-5-24)13-2-3-14(17(18,19)20)12(8-13)9-21/h2-3,8H,4-7,10-11H2,1H3. The fraction of sp³-hybridized carbons (Fsp3) is 0.471. The zero-order valence-electron chi connectivity index (χ0n) is 14.7. The SMILES string of the molecule is COCc1noc(CN2CCN(c3ccc(C(F)(F)F)c(C#N)c3)CC2)n1. The van der Waals surface area contributed by atoms with Gasteiger partial charge in [0.15, 0.2) is 5.82 Å². The van der Waals surface area contributed by atoms with E-state index in [1.807, 2.05) is 4.90 Å². The number of ether oxygens (including phenoxy) is 1. The Labute approximate surface area is 153 Å². The molecule has 0 atom stereocenters. The number of anilines is 1. The number of hydrogen-bond donors (Lipinski definition) is 0. The molecule has 27 heavy (non-hydrogen) atoms. The predicted molar refractivity (Wildman–Crippen MR) is 88.7 cm³/mol. The number of rotatable bonds is 5. The molecule has 2 aromatic rings. The Morgan fingerprint density at radius 1 is 1.26 bits per heavy atom. The van der Waals surface area contributed by atoms with E-state index < -0.39 is 11.7 Å². The van der Waals surface area contributed by atoms with Gasteiger partial charge in [0.1, 0.15) is 6.61 Å². The number of aromatic nitrogens is 2. The van der Waals surface area contributed by atoms with E-state index in [4.69, 9.17) is 14.5 Å². The normalized spacial score (nSPS) is 15.7. The van der Waals surface area contributed by atoms with Crippen LogP contribution in [0.1, 0.15) is 22.8 Å². The molecule has 0 aliphatic carbocycles. The van der Waals surface area contributed by atoms with E-state index in [1.54, 1.807) is 13.2 Å². The third kappa shape index (κ3) is 4.56. The number of nitriles is 1. The van der Waals surface area contributed by atoms with Gasteiger partial charge in [0.05, 0.1) is 23.7 Å². The molecule has 0 bridgehead atoms. The number of nitrogens with zero attached hydrogens (tertiary/aromatic N) is 5. The first-order chi connectivity index (χ1) is 12.9. The van der Waals surface area contributed by atoms with E-state index in [2.05, 4.69) is 15.0 Å². The molecule has 0 saturated carbocycles. The Morgan fingerprint density at radius 3 is 2.63 bits per heavy atom. The summed E-state index contributed by atoms with van der Waals surface area (Å²) in [7, 11) is 1.55. The van der Waals surface area contributed by atoms with Crippen molar-refractivity contribution in [1.29, 1.82) is 5.26 Å². The number of hydrogen-bond acceptors (Lipinski definition) is 7. The Balaban J connectivity index is 1.61. The molecule has 3 rings (SSSR count). The topological polar surface area (TPSA) is 78.4 Å². The van der Waals surface area contributed by atoms with Crippen molar-refractivity contribution in [2.24, 2.45) is 0 Å². The lowest BCUT2D eigenvalue weighted by Crippen LogP contribution is -2.46. The molecular formula is C17H18F3N5O2. The molecule has 144 valence electrons. The number of methoxy groups -OCH3 is 1. The number of piperazine rings is 1. The molecule has 0 amide bonds. The molecule has 0 spiro atoms. The molecule has 0 N–H and O–H groups in total. The van der Waals surface area contributed by atoms with Crippen molar-refractivity contribution in [2.75, 3.05) is 38.2 Å². The molecule has 1 aromatic heterocycles. The molecule has 10 heteroatoms. The Kier molecular flexibility index (Phi) is 5.62. The maximum atomic E-state index is 12.9. The third-order valence-corrected chi connectivity index (χ3v) is 4.31. The van der Waals surface area contributed by atoms with Gasteiger partial charge in [-0.1, -0.05) is 5.16 Å². The maximum Gasteiger partial charge on any atom is 0.417 e. The average Bonchev–Trinajstić information content (AvgIpc) is 3.08. The van der Waals surface area contributed by atoms with E-state index in [-0.39, 0.29) is 12.2 Å². The summed E-state index contributed by atoms with van der Waals surface area (Å²) in [5.41, 5.74) is -0.658. The number of benzene rings is 1. The van der Waals surface area contributed by atoms with Gasteiger partial charge < -0.3 is 14.2 Å². The van der Waals surface area contributed by atoms with E-state index >= 15 is 0 Å². The molecule has 1 aromatic carbocycles. The van der Waals surface area contributed by atoms with Gasteiger partial charge in [-0.25, -0.2) is 0 Å². The fourth-order valence-electron chi connectivity index (χ4n) is 2.97. The summed E-state index contributed by atoms with van der Waals surface area (Å²) in [6.45, 7) is 3.40. The minimum absolute atomic E-state index is 0.284. The van der Waals surface area contributed by atoms with Crippen molar-refractivity contribution < 1.29 is 22.4 Å². The van der Waals surface area contributed by atoms with Crippen LogP contribution in [0.5, 0.6) is 0 Å². The minimum Gasteiger partial charge on any atom is -0.377 e. The van der Waals surface area contributed by atoms with Crippen molar-refractivity contribution in [3.05, 3.63) is 41.0 Å². The molecule has 1 aliphatic heterocycles. The molecule has 1 fully saturated rings. The fourth-order valence-corrected chi connectivity index (χ4v) is 2.97. The molecule has 2 heterocycles. The molecule has 7 nitrogen and oxygen atoms in total. The molecular weight excluding hydrogens is 363 g/mol. The van der Waals surface area contributed by atoms with Gasteiger partial charge in [0.25, 0.3) is 0 Å². The maximum absolute atomic E-state index is 12.9. The van der Waals surface area contributed by atoms with Crippen LogP contribution in [0.3, 0.4) is 0 Å². The van der Waals surface area contributed by atoms with E-state index in [1.165, 1.54) is 12.1 Å². The lowest BCUT2D eigenvalue weighted by Gasteiger charge is -2.35. The summed E-state index contributed by atoms with van der Waals surface area (Å²) in [5.74, 6) is 0.983. The first kappa shape index (κ1) is 19.1. The van der Waals surface area contributed by atoms with Gasteiger partial charge in [-0.2, -0.15) is 23.4 Å². The highest BCUT2D eigenvalue weighted by Gasteiger charge is 2.34. The summed E-state index contributed by atoms with van der Waals surface area (Å²) in [6.07, 6.45) is -4.53. The summed E-state index contributed by atoms with van der Waals surface area (Å²) >= 11 is 0. The lowest BCUT2D eigenvalue weighted by molar-refractivity contribution is -0.137. The Bertz CT molecular complexity index is 823. The van der Waals surface area contributed by atoms with Crippen molar-refractivity contribution in [2.45, 2.75) is 19.3 Å². The molecule has 1 saturated heterocycles. The first-order valence-corrected chi connectivity index (χ1v) is 8.29. The zero-order chi connectivity index (χ0) is 19.4. The Hall–Kier alpha value is -2.64. The van der Waals surface area contributed by atoms with Crippen LogP contribution in [0.2, 0.25) is 0 Å². The van der Waals surface area contributed by atoms with Gasteiger partial charge in [0, 0.05) is 39.0 Å². The van der Waals surface area contributed by atoms with Gasteiger partial charge in [-0.05, 0) is 18.2 Å². The highest BCUT2D eigenvalue weighted by Crippen LogP contribution is 2.33. The van der Waals surface area contributed by atoms with Gasteiger partial charge in [-0.3, -0.25) is 4.90 Å². The van der Waals surface area contributed by atoms with Crippen LogP contribution in [0.25, 0.3) is 0 Å². The first-order valence-electron chi connectivity index (χ1n) is 8.29. The van der Waals surface area contributed by atoms with Gasteiger partial charge in [0.2, 0.25) is 5.89 Å². The van der Waals surface area contributed by atoms with E-state index in [0.29, 0.717) is 50.1 Å². The van der Waals surface area contributed by atoms with Crippen LogP contribution in [-0.2, 0) is 24.1 Å². The lowest BCUT2D eigenvalue weighted by atomic mass is 10.1. The number of alkyl halides is 3. The van der Waals surface area contributed by atoms with Crippen molar-refractivity contribution in [3.63, 3.8) is 0 Å². The monoisotopic (exact) mass is 381 g/mol. The molecule has 0 unspecified atom stereocenters. The summed E-state index contributed by atoms with van der Waals surface area (Å²) in [6, 6.07) is 5.32. The van der Waals surface area contributed by atoms with Crippen LogP contribution >= 0.6 is 0 Å². The number of halogens is 3. The second-order valence-electron chi connectivity index (χ2n) is 6.14. The quantitative estimate of drug-likeness (QED) is 0.787. The van der Waals surface area contributed by atoms with Crippen molar-refractivity contribution in [3.8, 4) is 6.07 Å².